The fourth-order valence-corrected chi connectivity index (χ4v) is 6.75. The van der Waals surface area contributed by atoms with E-state index < -0.39 is 0 Å². The minimum absolute atomic E-state index is 0.00986. The molecule has 2 fully saturated rings. The van der Waals surface area contributed by atoms with Crippen LogP contribution in [0.3, 0.4) is 0 Å². The number of hydrogen-bond acceptors (Lipinski definition) is 6. The molecule has 170 valence electrons. The van der Waals surface area contributed by atoms with Gasteiger partial charge in [-0.05, 0) is 57.4 Å². The van der Waals surface area contributed by atoms with Crippen LogP contribution >= 0.6 is 23.1 Å². The molecule has 2 aliphatic heterocycles. The van der Waals surface area contributed by atoms with E-state index in [-0.39, 0.29) is 22.8 Å². The predicted molar refractivity (Wildman–Crippen MR) is 127 cm³/mol. The van der Waals surface area contributed by atoms with E-state index in [4.69, 9.17) is 9.72 Å². The number of hydrogen-bond donors (Lipinski definition) is 0. The molecule has 2 aromatic rings. The van der Waals surface area contributed by atoms with Crippen LogP contribution in [-0.2, 0) is 22.5 Å². The van der Waals surface area contributed by atoms with Crippen molar-refractivity contribution in [2.45, 2.75) is 82.9 Å². The highest BCUT2D eigenvalue weighted by atomic mass is 32.2. The van der Waals surface area contributed by atoms with Gasteiger partial charge < -0.3 is 9.64 Å². The first-order valence-electron chi connectivity index (χ1n) is 11.5. The molecule has 2 atom stereocenters. The van der Waals surface area contributed by atoms with Gasteiger partial charge in [-0.3, -0.25) is 14.2 Å². The van der Waals surface area contributed by atoms with Gasteiger partial charge in [-0.1, -0.05) is 25.6 Å². The van der Waals surface area contributed by atoms with Crippen LogP contribution in [0.1, 0.15) is 56.9 Å². The standard InChI is InChI=1S/C23H33N3O3S2/c1-5-18-15(3)30-20-19(18)22(28)26(13-17-7-6-12-29-17)23(24-20)31-16(4)21(27)25-10-8-14(2)9-11-25/h14,16-17H,5-13H2,1-4H3/t16-,17-/m0/s1. The summed E-state index contributed by atoms with van der Waals surface area (Å²) in [5.74, 6) is 0.828. The molecule has 2 aromatic heterocycles. The molecule has 2 aliphatic rings. The number of thiophene rings is 1. The molecule has 2 saturated heterocycles. The van der Waals surface area contributed by atoms with E-state index >= 15 is 0 Å². The molecule has 0 spiro atoms. The highest BCUT2D eigenvalue weighted by Gasteiger charge is 2.28. The van der Waals surface area contributed by atoms with E-state index in [1.807, 2.05) is 11.8 Å². The minimum atomic E-state index is -0.278. The Morgan fingerprint density at radius 1 is 1.32 bits per heavy atom. The zero-order valence-electron chi connectivity index (χ0n) is 19.0. The summed E-state index contributed by atoms with van der Waals surface area (Å²) in [4.78, 5) is 35.5. The van der Waals surface area contributed by atoms with Crippen LogP contribution in [0.15, 0.2) is 9.95 Å². The Hall–Kier alpha value is -1.38. The van der Waals surface area contributed by atoms with Crippen LogP contribution in [-0.4, -0.2) is 51.4 Å². The topological polar surface area (TPSA) is 64.4 Å². The summed E-state index contributed by atoms with van der Waals surface area (Å²) in [6, 6.07) is 0. The number of aryl methyl sites for hydroxylation is 2. The van der Waals surface area contributed by atoms with Crippen molar-refractivity contribution in [3.8, 4) is 0 Å². The second-order valence-electron chi connectivity index (χ2n) is 8.88. The highest BCUT2D eigenvalue weighted by Crippen LogP contribution is 2.32. The summed E-state index contributed by atoms with van der Waals surface area (Å²) in [5.41, 5.74) is 1.11. The van der Waals surface area contributed by atoms with Crippen molar-refractivity contribution in [3.63, 3.8) is 0 Å². The number of thioether (sulfide) groups is 1. The lowest BCUT2D eigenvalue weighted by molar-refractivity contribution is -0.131. The number of aromatic nitrogens is 2. The minimum Gasteiger partial charge on any atom is -0.376 e. The molecular formula is C23H33N3O3S2. The van der Waals surface area contributed by atoms with Gasteiger partial charge in [0.15, 0.2) is 5.16 Å². The quantitative estimate of drug-likeness (QED) is 0.473. The number of rotatable bonds is 6. The number of piperidine rings is 1. The van der Waals surface area contributed by atoms with Gasteiger partial charge >= 0.3 is 0 Å². The average molecular weight is 464 g/mol. The Morgan fingerprint density at radius 3 is 2.71 bits per heavy atom. The molecule has 4 rings (SSSR count). The summed E-state index contributed by atoms with van der Waals surface area (Å²) in [6.07, 6.45) is 4.96. The van der Waals surface area contributed by atoms with Crippen LogP contribution in [0.5, 0.6) is 0 Å². The van der Waals surface area contributed by atoms with Crippen molar-refractivity contribution in [3.05, 3.63) is 20.8 Å². The van der Waals surface area contributed by atoms with Crippen LogP contribution in [0.4, 0.5) is 0 Å². The first-order chi connectivity index (χ1) is 14.9. The molecule has 0 aliphatic carbocycles. The second-order valence-corrected chi connectivity index (χ2v) is 11.4. The maximum atomic E-state index is 13.6. The van der Waals surface area contributed by atoms with Gasteiger partial charge in [-0.25, -0.2) is 4.98 Å². The number of ether oxygens (including phenoxy) is 1. The molecule has 1 amide bonds. The summed E-state index contributed by atoms with van der Waals surface area (Å²) in [5, 5.41) is 1.11. The summed E-state index contributed by atoms with van der Waals surface area (Å²) < 4.78 is 7.60. The number of carbonyl (C=O) groups is 1. The van der Waals surface area contributed by atoms with Crippen LogP contribution < -0.4 is 5.56 Å². The molecule has 4 heterocycles. The zero-order valence-corrected chi connectivity index (χ0v) is 20.6. The van der Waals surface area contributed by atoms with Gasteiger partial charge in [0, 0.05) is 24.6 Å². The molecule has 0 bridgehead atoms. The molecule has 6 nitrogen and oxygen atoms in total. The monoisotopic (exact) mass is 463 g/mol. The number of nitrogens with zero attached hydrogens (tertiary/aromatic N) is 3. The van der Waals surface area contributed by atoms with Gasteiger partial charge in [-0.2, -0.15) is 0 Å². The second kappa shape index (κ2) is 9.63. The van der Waals surface area contributed by atoms with Crippen molar-refractivity contribution in [1.82, 2.24) is 14.5 Å². The van der Waals surface area contributed by atoms with Crippen LogP contribution in [0.2, 0.25) is 0 Å². The third-order valence-electron chi connectivity index (χ3n) is 6.57. The maximum Gasteiger partial charge on any atom is 0.263 e. The van der Waals surface area contributed by atoms with E-state index in [0.717, 1.165) is 72.5 Å². The van der Waals surface area contributed by atoms with E-state index in [1.165, 1.54) is 11.8 Å². The van der Waals surface area contributed by atoms with Gasteiger partial charge in [0.25, 0.3) is 5.56 Å². The Kier molecular flexibility index (Phi) is 7.08. The van der Waals surface area contributed by atoms with Gasteiger partial charge in [-0.15, -0.1) is 11.3 Å². The van der Waals surface area contributed by atoms with Gasteiger partial charge in [0.1, 0.15) is 4.83 Å². The molecular weight excluding hydrogens is 430 g/mol. The Bertz CT molecular complexity index is 1000. The summed E-state index contributed by atoms with van der Waals surface area (Å²) in [6.45, 7) is 11.2. The fourth-order valence-electron chi connectivity index (χ4n) is 4.59. The predicted octanol–water partition coefficient (Wildman–Crippen LogP) is 4.25. The summed E-state index contributed by atoms with van der Waals surface area (Å²) in [7, 11) is 0. The van der Waals surface area contributed by atoms with E-state index in [9.17, 15) is 9.59 Å². The first kappa shape index (κ1) is 22.8. The Morgan fingerprint density at radius 2 is 2.06 bits per heavy atom. The normalized spacial score (nSPS) is 21.2. The third kappa shape index (κ3) is 4.71. The number of carbonyl (C=O) groups excluding carboxylic acids is 1. The van der Waals surface area contributed by atoms with Crippen LogP contribution in [0, 0.1) is 12.8 Å². The molecule has 0 saturated carbocycles. The maximum absolute atomic E-state index is 13.6. The molecule has 0 radical (unpaired) electrons. The Labute approximate surface area is 192 Å². The average Bonchev–Trinajstić information content (AvgIpc) is 3.37. The lowest BCUT2D eigenvalue weighted by Gasteiger charge is -2.32. The highest BCUT2D eigenvalue weighted by molar-refractivity contribution is 8.00. The van der Waals surface area contributed by atoms with E-state index in [0.29, 0.717) is 17.6 Å². The fraction of sp³-hybridized carbons (Fsp3) is 0.696. The lowest BCUT2D eigenvalue weighted by atomic mass is 9.99. The molecule has 0 N–H and O–H groups in total. The summed E-state index contributed by atoms with van der Waals surface area (Å²) >= 11 is 3.00. The van der Waals surface area contributed by atoms with Crippen molar-refractivity contribution in [1.29, 1.82) is 0 Å². The van der Waals surface area contributed by atoms with Gasteiger partial charge in [0.2, 0.25) is 5.91 Å². The van der Waals surface area contributed by atoms with Crippen LogP contribution in [0.25, 0.3) is 10.2 Å². The largest absolute Gasteiger partial charge is 0.376 e. The zero-order chi connectivity index (χ0) is 22.1. The lowest BCUT2D eigenvalue weighted by Crippen LogP contribution is -2.42. The molecule has 31 heavy (non-hydrogen) atoms. The van der Waals surface area contributed by atoms with Crippen molar-refractivity contribution in [2.24, 2.45) is 5.92 Å². The molecule has 0 aromatic carbocycles. The number of fused-ring (bicyclic) bond motifs is 1. The van der Waals surface area contributed by atoms with Crippen molar-refractivity contribution in [2.75, 3.05) is 19.7 Å². The first-order valence-corrected chi connectivity index (χ1v) is 13.2. The number of amides is 1. The van der Waals surface area contributed by atoms with E-state index in [1.54, 1.807) is 15.9 Å². The SMILES string of the molecule is CCc1c(C)sc2nc(S[C@@H](C)C(=O)N3CCC(C)CC3)n(C[C@@H]3CCCO3)c(=O)c12. The van der Waals surface area contributed by atoms with Gasteiger partial charge in [0.05, 0.1) is 23.3 Å². The smallest absolute Gasteiger partial charge is 0.263 e. The van der Waals surface area contributed by atoms with E-state index in [2.05, 4.69) is 20.8 Å². The Balaban J connectivity index is 1.66. The van der Waals surface area contributed by atoms with Crippen molar-refractivity contribution < 1.29 is 9.53 Å². The molecule has 0 unspecified atom stereocenters. The van der Waals surface area contributed by atoms with Crippen molar-refractivity contribution >= 4 is 39.2 Å². The number of likely N-dealkylation sites (tertiary alicyclic amines) is 1. The molecule has 8 heteroatoms. The third-order valence-corrected chi connectivity index (χ3v) is 8.69.